The third kappa shape index (κ3) is 1.10. The minimum Gasteiger partial charge on any atom is -0.367 e. The fourth-order valence-corrected chi connectivity index (χ4v) is 1.99. The zero-order valence-corrected chi connectivity index (χ0v) is 7.83. The van der Waals surface area contributed by atoms with E-state index in [0.29, 0.717) is 0 Å². The average Bonchev–Trinajstić information content (AvgIpc) is 2.86. The zero-order chi connectivity index (χ0) is 9.38. The van der Waals surface area contributed by atoms with E-state index in [-0.39, 0.29) is 0 Å². The second-order valence-electron chi connectivity index (χ2n) is 3.64. The van der Waals surface area contributed by atoms with Crippen molar-refractivity contribution in [3.63, 3.8) is 0 Å². The molecule has 1 N–H and O–H groups in total. The highest BCUT2D eigenvalue weighted by atomic mass is 14.6. The van der Waals surface area contributed by atoms with Crippen LogP contribution in [0.25, 0.3) is 11.6 Å². The van der Waals surface area contributed by atoms with Gasteiger partial charge in [0.05, 0.1) is 0 Å². The first-order chi connectivity index (χ1) is 6.93. The summed E-state index contributed by atoms with van der Waals surface area (Å²) >= 11 is 0. The topological polar surface area (TPSA) is 15.8 Å². The predicted octanol–water partition coefficient (Wildman–Crippen LogP) is 3.11. The Bertz CT molecular complexity index is 478. The minimum atomic E-state index is 1.06. The van der Waals surface area contributed by atoms with Crippen molar-refractivity contribution in [2.75, 3.05) is 0 Å². The number of aromatic nitrogens is 1. The molecule has 1 aromatic heterocycles. The van der Waals surface area contributed by atoms with Gasteiger partial charge in [-0.15, -0.1) is 0 Å². The van der Waals surface area contributed by atoms with Gasteiger partial charge >= 0.3 is 0 Å². The number of aromatic amines is 1. The number of fused-ring (bicyclic) bond motifs is 1. The zero-order valence-electron chi connectivity index (χ0n) is 7.83. The first-order valence-corrected chi connectivity index (χ1v) is 4.85. The van der Waals surface area contributed by atoms with Gasteiger partial charge in [0, 0.05) is 12.4 Å². The van der Waals surface area contributed by atoms with E-state index in [9.17, 15) is 0 Å². The SMILES string of the molecule is C1=C(c2cc[nH]c2)Cc2ccccc21. The van der Waals surface area contributed by atoms with E-state index in [1.807, 2.05) is 6.20 Å². The van der Waals surface area contributed by atoms with Crippen molar-refractivity contribution in [1.29, 1.82) is 0 Å². The maximum atomic E-state index is 3.09. The molecule has 1 nitrogen and oxygen atoms in total. The van der Waals surface area contributed by atoms with Gasteiger partial charge in [-0.25, -0.2) is 0 Å². The van der Waals surface area contributed by atoms with Crippen molar-refractivity contribution < 1.29 is 0 Å². The van der Waals surface area contributed by atoms with E-state index < -0.39 is 0 Å². The molecule has 0 saturated heterocycles. The average molecular weight is 181 g/mol. The second-order valence-corrected chi connectivity index (χ2v) is 3.64. The van der Waals surface area contributed by atoms with Crippen molar-refractivity contribution in [3.8, 4) is 0 Å². The lowest BCUT2D eigenvalue weighted by molar-refractivity contribution is 1.31. The maximum Gasteiger partial charge on any atom is 0.00810 e. The lowest BCUT2D eigenvalue weighted by Crippen LogP contribution is -1.82. The first kappa shape index (κ1) is 7.63. The van der Waals surface area contributed by atoms with E-state index in [0.717, 1.165) is 6.42 Å². The molecule has 68 valence electrons. The molecule has 1 aromatic carbocycles. The Morgan fingerprint density at radius 2 is 2.00 bits per heavy atom. The van der Waals surface area contributed by atoms with Crippen molar-refractivity contribution in [1.82, 2.24) is 4.98 Å². The first-order valence-electron chi connectivity index (χ1n) is 4.85. The molecule has 0 spiro atoms. The Hall–Kier alpha value is -1.76. The Morgan fingerprint density at radius 1 is 1.07 bits per heavy atom. The van der Waals surface area contributed by atoms with Crippen molar-refractivity contribution in [2.24, 2.45) is 0 Å². The molecule has 1 heterocycles. The fraction of sp³-hybridized carbons (Fsp3) is 0.0769. The van der Waals surface area contributed by atoms with Crippen LogP contribution in [0.15, 0.2) is 42.7 Å². The van der Waals surface area contributed by atoms with Crippen LogP contribution in [0.3, 0.4) is 0 Å². The number of H-pyrrole nitrogens is 1. The summed E-state index contributed by atoms with van der Waals surface area (Å²) in [6, 6.07) is 10.7. The van der Waals surface area contributed by atoms with Crippen LogP contribution in [0, 0.1) is 0 Å². The van der Waals surface area contributed by atoms with Crippen LogP contribution in [0.1, 0.15) is 16.7 Å². The molecule has 1 aliphatic carbocycles. The maximum absolute atomic E-state index is 3.09. The summed E-state index contributed by atoms with van der Waals surface area (Å²) < 4.78 is 0. The van der Waals surface area contributed by atoms with Gasteiger partial charge in [-0.1, -0.05) is 30.3 Å². The molecule has 14 heavy (non-hydrogen) atoms. The molecule has 0 unspecified atom stereocenters. The Labute approximate surface area is 83.1 Å². The van der Waals surface area contributed by atoms with Crippen LogP contribution in [0.5, 0.6) is 0 Å². The van der Waals surface area contributed by atoms with Crippen LogP contribution >= 0.6 is 0 Å². The number of allylic oxidation sites excluding steroid dienone is 1. The molecular weight excluding hydrogens is 170 g/mol. The van der Waals surface area contributed by atoms with Gasteiger partial charge in [-0.3, -0.25) is 0 Å². The molecule has 0 radical (unpaired) electrons. The largest absolute Gasteiger partial charge is 0.367 e. The Morgan fingerprint density at radius 3 is 2.79 bits per heavy atom. The highest BCUT2D eigenvalue weighted by Gasteiger charge is 2.12. The summed E-state index contributed by atoms with van der Waals surface area (Å²) in [5.41, 5.74) is 5.51. The number of nitrogens with one attached hydrogen (secondary N) is 1. The van der Waals surface area contributed by atoms with Crippen LogP contribution in [-0.4, -0.2) is 4.98 Å². The number of benzene rings is 1. The number of hydrogen-bond acceptors (Lipinski definition) is 0. The van der Waals surface area contributed by atoms with E-state index in [1.54, 1.807) is 0 Å². The summed E-state index contributed by atoms with van der Waals surface area (Å²) in [5, 5.41) is 0. The lowest BCUT2D eigenvalue weighted by Gasteiger charge is -1.97. The van der Waals surface area contributed by atoms with E-state index in [4.69, 9.17) is 0 Å². The summed E-state index contributed by atoms with van der Waals surface area (Å²) in [7, 11) is 0. The molecule has 0 aliphatic heterocycles. The van der Waals surface area contributed by atoms with E-state index in [1.165, 1.54) is 22.3 Å². The third-order valence-corrected chi connectivity index (χ3v) is 2.73. The Balaban J connectivity index is 2.04. The van der Waals surface area contributed by atoms with Gasteiger partial charge in [0.1, 0.15) is 0 Å². The summed E-state index contributed by atoms with van der Waals surface area (Å²) in [6.45, 7) is 0. The fourth-order valence-electron chi connectivity index (χ4n) is 1.99. The molecule has 0 saturated carbocycles. The van der Waals surface area contributed by atoms with Crippen LogP contribution in [0.2, 0.25) is 0 Å². The monoisotopic (exact) mass is 181 g/mol. The summed E-state index contributed by atoms with van der Waals surface area (Å²) in [4.78, 5) is 3.09. The van der Waals surface area contributed by atoms with Crippen molar-refractivity contribution in [3.05, 3.63) is 59.4 Å². The van der Waals surface area contributed by atoms with E-state index in [2.05, 4.69) is 47.6 Å². The van der Waals surface area contributed by atoms with Gasteiger partial charge in [0.2, 0.25) is 0 Å². The molecule has 0 amide bonds. The summed E-state index contributed by atoms with van der Waals surface area (Å²) in [6.07, 6.45) is 7.36. The number of hydrogen-bond donors (Lipinski definition) is 1. The molecule has 2 aromatic rings. The number of rotatable bonds is 1. The molecule has 1 heteroatoms. The molecule has 0 atom stereocenters. The highest BCUT2D eigenvalue weighted by Crippen LogP contribution is 2.30. The van der Waals surface area contributed by atoms with Gasteiger partial charge < -0.3 is 4.98 Å². The van der Waals surface area contributed by atoms with Gasteiger partial charge in [0.15, 0.2) is 0 Å². The second kappa shape index (κ2) is 2.88. The predicted molar refractivity (Wildman–Crippen MR) is 58.8 cm³/mol. The molecule has 0 bridgehead atoms. The van der Waals surface area contributed by atoms with Crippen molar-refractivity contribution in [2.45, 2.75) is 6.42 Å². The van der Waals surface area contributed by atoms with Gasteiger partial charge in [0.25, 0.3) is 0 Å². The quantitative estimate of drug-likeness (QED) is 0.695. The Kier molecular flexibility index (Phi) is 1.57. The van der Waals surface area contributed by atoms with E-state index >= 15 is 0 Å². The third-order valence-electron chi connectivity index (χ3n) is 2.73. The molecule has 1 aliphatic rings. The van der Waals surface area contributed by atoms with Crippen LogP contribution < -0.4 is 0 Å². The van der Waals surface area contributed by atoms with Crippen LogP contribution in [-0.2, 0) is 6.42 Å². The molecule has 3 rings (SSSR count). The summed E-state index contributed by atoms with van der Waals surface area (Å²) in [5.74, 6) is 0. The standard InChI is InChI=1S/C13H11N/c1-2-4-11-8-13(7-10(11)3-1)12-5-6-14-9-12/h1-7,9,14H,8H2. The highest BCUT2D eigenvalue weighted by molar-refractivity contribution is 5.88. The minimum absolute atomic E-state index is 1.06. The van der Waals surface area contributed by atoms with Crippen molar-refractivity contribution >= 4 is 11.6 Å². The van der Waals surface area contributed by atoms with Gasteiger partial charge in [-0.2, -0.15) is 0 Å². The smallest absolute Gasteiger partial charge is 0.00810 e. The lowest BCUT2D eigenvalue weighted by atomic mass is 10.1. The molecule has 0 fully saturated rings. The van der Waals surface area contributed by atoms with Gasteiger partial charge in [-0.05, 0) is 34.8 Å². The normalized spacial score (nSPS) is 13.9. The molecular formula is C13H11N. The van der Waals surface area contributed by atoms with Crippen LogP contribution in [0.4, 0.5) is 0 Å².